The van der Waals surface area contributed by atoms with Gasteiger partial charge in [0.25, 0.3) is 0 Å². The average molecular weight is 310 g/mol. The molecule has 1 N–H and O–H groups in total. The van der Waals surface area contributed by atoms with Crippen LogP contribution in [-0.4, -0.2) is 68.2 Å². The predicted molar refractivity (Wildman–Crippen MR) is 84.9 cm³/mol. The van der Waals surface area contributed by atoms with Crippen LogP contribution in [0.2, 0.25) is 0 Å². The van der Waals surface area contributed by atoms with Gasteiger partial charge in [0, 0.05) is 37.4 Å². The SMILES string of the molecule is COCCN(CCO)CC(=O)N1CCSc2ccccc21. The quantitative estimate of drug-likeness (QED) is 0.816. The Bertz CT molecular complexity index is 470. The molecule has 0 fully saturated rings. The lowest BCUT2D eigenvalue weighted by molar-refractivity contribution is -0.120. The standard InChI is InChI=1S/C15H22N2O3S/c1-20-10-7-16(6-9-18)12-15(19)17-8-11-21-14-5-3-2-4-13(14)17/h2-5,18H,6-12H2,1H3. The number of carbonyl (C=O) groups is 1. The van der Waals surface area contributed by atoms with Crippen molar-refractivity contribution in [3.8, 4) is 0 Å². The molecule has 2 rings (SSSR count). The largest absolute Gasteiger partial charge is 0.395 e. The molecular weight excluding hydrogens is 288 g/mol. The molecule has 0 radical (unpaired) electrons. The molecule has 1 amide bonds. The van der Waals surface area contributed by atoms with Gasteiger partial charge in [0.1, 0.15) is 0 Å². The van der Waals surface area contributed by atoms with E-state index in [1.807, 2.05) is 28.0 Å². The van der Waals surface area contributed by atoms with E-state index in [2.05, 4.69) is 6.07 Å². The first-order valence-electron chi connectivity index (χ1n) is 7.10. The Hall–Kier alpha value is -1.08. The van der Waals surface area contributed by atoms with Gasteiger partial charge in [0.2, 0.25) is 5.91 Å². The van der Waals surface area contributed by atoms with Gasteiger partial charge >= 0.3 is 0 Å². The van der Waals surface area contributed by atoms with Crippen molar-refractivity contribution < 1.29 is 14.6 Å². The lowest BCUT2D eigenvalue weighted by Gasteiger charge is -2.31. The molecule has 0 saturated carbocycles. The lowest BCUT2D eigenvalue weighted by atomic mass is 10.2. The Morgan fingerprint density at radius 1 is 1.43 bits per heavy atom. The van der Waals surface area contributed by atoms with E-state index in [-0.39, 0.29) is 12.5 Å². The minimum absolute atomic E-state index is 0.0451. The molecule has 5 nitrogen and oxygen atoms in total. The normalized spacial score (nSPS) is 14.3. The topological polar surface area (TPSA) is 53.0 Å². The van der Waals surface area contributed by atoms with Gasteiger partial charge in [-0.2, -0.15) is 0 Å². The number of carbonyl (C=O) groups excluding carboxylic acids is 1. The minimum Gasteiger partial charge on any atom is -0.395 e. The van der Waals surface area contributed by atoms with E-state index < -0.39 is 0 Å². The zero-order valence-corrected chi connectivity index (χ0v) is 13.1. The molecule has 1 heterocycles. The van der Waals surface area contributed by atoms with Crippen molar-refractivity contribution in [3.05, 3.63) is 24.3 Å². The third kappa shape index (κ3) is 4.44. The van der Waals surface area contributed by atoms with Crippen molar-refractivity contribution in [2.75, 3.05) is 57.2 Å². The van der Waals surface area contributed by atoms with E-state index in [4.69, 9.17) is 9.84 Å². The number of aliphatic hydroxyl groups excluding tert-OH is 1. The average Bonchev–Trinajstić information content (AvgIpc) is 2.52. The van der Waals surface area contributed by atoms with Crippen LogP contribution >= 0.6 is 11.8 Å². The number of nitrogens with zero attached hydrogens (tertiary/aromatic N) is 2. The highest BCUT2D eigenvalue weighted by Crippen LogP contribution is 2.34. The summed E-state index contributed by atoms with van der Waals surface area (Å²) in [5.74, 6) is 0.994. The maximum absolute atomic E-state index is 12.6. The smallest absolute Gasteiger partial charge is 0.241 e. The Morgan fingerprint density at radius 3 is 3.00 bits per heavy atom. The molecular formula is C15H22N2O3S. The summed E-state index contributed by atoms with van der Waals surface area (Å²) in [5.41, 5.74) is 0.995. The maximum Gasteiger partial charge on any atom is 0.241 e. The van der Waals surface area contributed by atoms with Crippen molar-refractivity contribution in [2.45, 2.75) is 4.90 Å². The second-order valence-corrected chi connectivity index (χ2v) is 5.99. The summed E-state index contributed by atoms with van der Waals surface area (Å²) in [5, 5.41) is 9.11. The van der Waals surface area contributed by atoms with Crippen molar-refractivity contribution in [2.24, 2.45) is 0 Å². The second kappa shape index (κ2) is 8.38. The number of aliphatic hydroxyl groups is 1. The van der Waals surface area contributed by atoms with Crippen LogP contribution in [0.5, 0.6) is 0 Å². The highest BCUT2D eigenvalue weighted by atomic mass is 32.2. The summed E-state index contributed by atoms with van der Waals surface area (Å²) < 4.78 is 5.05. The fourth-order valence-corrected chi connectivity index (χ4v) is 3.33. The molecule has 0 aliphatic carbocycles. The monoisotopic (exact) mass is 310 g/mol. The van der Waals surface area contributed by atoms with Gasteiger partial charge in [-0.05, 0) is 12.1 Å². The molecule has 0 atom stereocenters. The molecule has 116 valence electrons. The molecule has 0 saturated heterocycles. The van der Waals surface area contributed by atoms with Gasteiger partial charge in [-0.3, -0.25) is 9.69 Å². The first-order chi connectivity index (χ1) is 10.3. The van der Waals surface area contributed by atoms with Crippen LogP contribution in [0.4, 0.5) is 5.69 Å². The van der Waals surface area contributed by atoms with Crippen LogP contribution in [0.15, 0.2) is 29.2 Å². The molecule has 0 aromatic heterocycles. The Kier molecular flexibility index (Phi) is 6.50. The van der Waals surface area contributed by atoms with Crippen LogP contribution in [-0.2, 0) is 9.53 Å². The summed E-state index contributed by atoms with van der Waals surface area (Å²) in [7, 11) is 1.64. The van der Waals surface area contributed by atoms with E-state index in [0.29, 0.717) is 26.2 Å². The summed E-state index contributed by atoms with van der Waals surface area (Å²) in [6.07, 6.45) is 0. The van der Waals surface area contributed by atoms with E-state index in [9.17, 15) is 4.79 Å². The number of hydrogen-bond acceptors (Lipinski definition) is 5. The third-order valence-corrected chi connectivity index (χ3v) is 4.46. The molecule has 1 aliphatic rings. The first kappa shape index (κ1) is 16.3. The summed E-state index contributed by atoms with van der Waals surface area (Å²) in [6, 6.07) is 8.00. The number of ether oxygens (including phenoxy) is 1. The van der Waals surface area contributed by atoms with E-state index in [0.717, 1.165) is 22.9 Å². The van der Waals surface area contributed by atoms with Crippen molar-refractivity contribution in [1.82, 2.24) is 4.90 Å². The van der Waals surface area contributed by atoms with Crippen LogP contribution in [0.3, 0.4) is 0 Å². The number of hydrogen-bond donors (Lipinski definition) is 1. The lowest BCUT2D eigenvalue weighted by Crippen LogP contribution is -2.44. The van der Waals surface area contributed by atoms with Crippen molar-refractivity contribution in [1.29, 1.82) is 0 Å². The van der Waals surface area contributed by atoms with Gasteiger partial charge in [-0.1, -0.05) is 12.1 Å². The molecule has 0 bridgehead atoms. The third-order valence-electron chi connectivity index (χ3n) is 3.42. The number of amides is 1. The maximum atomic E-state index is 12.6. The highest BCUT2D eigenvalue weighted by molar-refractivity contribution is 7.99. The number of benzene rings is 1. The summed E-state index contributed by atoms with van der Waals surface area (Å²) >= 11 is 1.79. The second-order valence-electron chi connectivity index (χ2n) is 4.85. The number of anilines is 1. The molecule has 1 aromatic carbocycles. The first-order valence-corrected chi connectivity index (χ1v) is 8.09. The molecule has 21 heavy (non-hydrogen) atoms. The number of rotatable bonds is 7. The molecule has 0 unspecified atom stereocenters. The fraction of sp³-hybridized carbons (Fsp3) is 0.533. The zero-order valence-electron chi connectivity index (χ0n) is 12.3. The Morgan fingerprint density at radius 2 is 2.24 bits per heavy atom. The Balaban J connectivity index is 2.02. The molecule has 0 spiro atoms. The summed E-state index contributed by atoms with van der Waals surface area (Å²) in [4.78, 5) is 17.5. The zero-order chi connectivity index (χ0) is 15.1. The number of fused-ring (bicyclic) bond motifs is 1. The molecule has 1 aromatic rings. The van der Waals surface area contributed by atoms with Crippen molar-refractivity contribution in [3.63, 3.8) is 0 Å². The van der Waals surface area contributed by atoms with Crippen LogP contribution in [0.1, 0.15) is 0 Å². The highest BCUT2D eigenvalue weighted by Gasteiger charge is 2.23. The van der Waals surface area contributed by atoms with E-state index >= 15 is 0 Å². The number of thioether (sulfide) groups is 1. The van der Waals surface area contributed by atoms with Crippen LogP contribution in [0.25, 0.3) is 0 Å². The van der Waals surface area contributed by atoms with Gasteiger partial charge in [-0.25, -0.2) is 0 Å². The summed E-state index contributed by atoms with van der Waals surface area (Å²) in [6.45, 7) is 2.77. The van der Waals surface area contributed by atoms with Gasteiger partial charge in [-0.15, -0.1) is 11.8 Å². The predicted octanol–water partition coefficient (Wildman–Crippen LogP) is 1.07. The number of methoxy groups -OCH3 is 1. The minimum atomic E-state index is 0.0451. The van der Waals surface area contributed by atoms with Gasteiger partial charge in [0.15, 0.2) is 0 Å². The molecule has 6 heteroatoms. The van der Waals surface area contributed by atoms with E-state index in [1.165, 1.54) is 0 Å². The van der Waals surface area contributed by atoms with Crippen molar-refractivity contribution >= 4 is 23.4 Å². The van der Waals surface area contributed by atoms with Crippen LogP contribution < -0.4 is 4.90 Å². The van der Waals surface area contributed by atoms with Crippen LogP contribution in [0, 0.1) is 0 Å². The molecule has 1 aliphatic heterocycles. The van der Waals surface area contributed by atoms with Gasteiger partial charge in [0.05, 0.1) is 25.4 Å². The van der Waals surface area contributed by atoms with E-state index in [1.54, 1.807) is 18.9 Å². The number of para-hydroxylation sites is 1. The fourth-order valence-electron chi connectivity index (χ4n) is 2.34. The Labute approximate surface area is 129 Å². The van der Waals surface area contributed by atoms with Gasteiger partial charge < -0.3 is 14.7 Å².